The van der Waals surface area contributed by atoms with Gasteiger partial charge in [0.25, 0.3) is 0 Å². The van der Waals surface area contributed by atoms with Crippen LogP contribution in [-0.2, 0) is 29.3 Å². The second-order valence-corrected chi connectivity index (χ2v) is 10.7. The van der Waals surface area contributed by atoms with Crippen LogP contribution in [0, 0.1) is 0 Å². The van der Waals surface area contributed by atoms with Gasteiger partial charge in [0.15, 0.2) is 0 Å². The third-order valence-electron chi connectivity index (χ3n) is 8.20. The minimum absolute atomic E-state index is 0.00681. The maximum Gasteiger partial charge on any atom is 0.304 e. The molecule has 1 aliphatic carbocycles. The largest absolute Gasteiger partial charge is 0.489 e. The molecular weight excluding hydrogens is 436 g/mol. The first-order valence-electron chi connectivity index (χ1n) is 12.7. The van der Waals surface area contributed by atoms with Crippen LogP contribution in [0.1, 0.15) is 93.8 Å². The van der Waals surface area contributed by atoms with Gasteiger partial charge in [-0.05, 0) is 70.9 Å². The van der Waals surface area contributed by atoms with Crippen LogP contribution in [0.2, 0.25) is 0 Å². The van der Waals surface area contributed by atoms with E-state index in [4.69, 9.17) is 4.74 Å². The molecule has 0 radical (unpaired) electrons. The normalized spacial score (nSPS) is 16.9. The molecule has 3 aromatic rings. The van der Waals surface area contributed by atoms with Gasteiger partial charge in [-0.25, -0.2) is 4.98 Å². The minimum Gasteiger partial charge on any atom is -0.489 e. The van der Waals surface area contributed by atoms with Crippen LogP contribution >= 0.6 is 0 Å². The van der Waals surface area contributed by atoms with E-state index in [9.17, 15) is 9.90 Å². The molecule has 1 heterocycles. The molecule has 1 atom stereocenters. The van der Waals surface area contributed by atoms with Crippen molar-refractivity contribution in [3.63, 3.8) is 0 Å². The standard InChI is InChI=1S/C30H38N2O3/c1-6-30(7-2)15-14-29(3,4)25-13-8-21(18-26(25)30)20-35-23-11-9-22(10-12-23)24(19-27(33)34)28-31-16-17-32(28)5/h8-13,16-18,24H,6-7,14-15,19-20H2,1-5H3,(H,33,34). The Kier molecular flexibility index (Phi) is 7.07. The van der Waals surface area contributed by atoms with E-state index >= 15 is 0 Å². The maximum absolute atomic E-state index is 11.5. The first kappa shape index (κ1) is 25.0. The second-order valence-electron chi connectivity index (χ2n) is 10.7. The van der Waals surface area contributed by atoms with Crippen LogP contribution in [0.4, 0.5) is 0 Å². The van der Waals surface area contributed by atoms with Crippen molar-refractivity contribution in [3.05, 3.63) is 82.9 Å². The Bertz CT molecular complexity index is 1170. The molecule has 0 saturated carbocycles. The van der Waals surface area contributed by atoms with Crippen LogP contribution in [0.15, 0.2) is 54.9 Å². The number of benzene rings is 2. The van der Waals surface area contributed by atoms with Crippen molar-refractivity contribution in [1.82, 2.24) is 9.55 Å². The van der Waals surface area contributed by atoms with E-state index in [2.05, 4.69) is 50.9 Å². The first-order chi connectivity index (χ1) is 16.7. The van der Waals surface area contributed by atoms with Gasteiger partial charge < -0.3 is 14.4 Å². The molecule has 4 rings (SSSR count). The summed E-state index contributed by atoms with van der Waals surface area (Å²) in [5.41, 5.74) is 5.56. The van der Waals surface area contributed by atoms with Crippen LogP contribution in [0.5, 0.6) is 5.75 Å². The van der Waals surface area contributed by atoms with E-state index in [1.54, 1.807) is 6.20 Å². The Hall–Kier alpha value is -3.08. The number of hydrogen-bond acceptors (Lipinski definition) is 3. The number of hydrogen-bond donors (Lipinski definition) is 1. The third-order valence-corrected chi connectivity index (χ3v) is 8.20. The van der Waals surface area contributed by atoms with E-state index in [1.807, 2.05) is 42.1 Å². The quantitative estimate of drug-likeness (QED) is 0.373. The van der Waals surface area contributed by atoms with Crippen molar-refractivity contribution in [2.45, 2.75) is 83.2 Å². The van der Waals surface area contributed by atoms with E-state index in [0.717, 1.165) is 30.0 Å². The molecule has 35 heavy (non-hydrogen) atoms. The smallest absolute Gasteiger partial charge is 0.304 e. The van der Waals surface area contributed by atoms with E-state index < -0.39 is 5.97 Å². The van der Waals surface area contributed by atoms with Crippen LogP contribution < -0.4 is 4.74 Å². The van der Waals surface area contributed by atoms with Crippen LogP contribution in [-0.4, -0.2) is 20.6 Å². The first-order valence-corrected chi connectivity index (χ1v) is 12.7. The minimum atomic E-state index is -0.843. The Morgan fingerprint density at radius 1 is 1.09 bits per heavy atom. The Balaban J connectivity index is 1.53. The summed E-state index contributed by atoms with van der Waals surface area (Å²) in [5.74, 6) is 0.372. The average Bonchev–Trinajstić information content (AvgIpc) is 3.27. The third kappa shape index (κ3) is 5.00. The van der Waals surface area contributed by atoms with Crippen molar-refractivity contribution >= 4 is 5.97 Å². The second kappa shape index (κ2) is 9.88. The predicted molar refractivity (Wildman–Crippen MR) is 139 cm³/mol. The lowest BCUT2D eigenvalue weighted by Gasteiger charge is -2.45. The molecule has 5 nitrogen and oxygen atoms in total. The molecule has 0 fully saturated rings. The number of aryl methyl sites for hydroxylation is 1. The molecule has 0 aliphatic heterocycles. The zero-order valence-electron chi connectivity index (χ0n) is 21.7. The summed E-state index contributed by atoms with van der Waals surface area (Å²) in [6.45, 7) is 9.87. The van der Waals surface area contributed by atoms with Crippen molar-refractivity contribution in [2.24, 2.45) is 7.05 Å². The topological polar surface area (TPSA) is 64.3 Å². The summed E-state index contributed by atoms with van der Waals surface area (Å²) in [6.07, 6.45) is 8.31. The lowest BCUT2D eigenvalue weighted by Crippen LogP contribution is -2.37. The van der Waals surface area contributed by atoms with Gasteiger partial charge in [-0.2, -0.15) is 0 Å². The molecule has 1 aliphatic rings. The number of aliphatic carboxylic acids is 1. The highest BCUT2D eigenvalue weighted by Crippen LogP contribution is 2.49. The molecule has 0 spiro atoms. The molecule has 0 bridgehead atoms. The van der Waals surface area contributed by atoms with Crippen molar-refractivity contribution in [2.75, 3.05) is 0 Å². The van der Waals surface area contributed by atoms with Gasteiger partial charge in [0.2, 0.25) is 0 Å². The maximum atomic E-state index is 11.5. The van der Waals surface area contributed by atoms with E-state index in [-0.39, 0.29) is 23.2 Å². The molecule has 1 N–H and O–H groups in total. The molecule has 5 heteroatoms. The summed E-state index contributed by atoms with van der Waals surface area (Å²) in [7, 11) is 1.89. The molecule has 0 saturated heterocycles. The van der Waals surface area contributed by atoms with Crippen LogP contribution in [0.25, 0.3) is 0 Å². The van der Waals surface area contributed by atoms with Crippen molar-refractivity contribution in [1.29, 1.82) is 0 Å². The zero-order chi connectivity index (χ0) is 25.2. The van der Waals surface area contributed by atoms with Gasteiger partial charge in [0.1, 0.15) is 18.2 Å². The van der Waals surface area contributed by atoms with Crippen molar-refractivity contribution < 1.29 is 14.6 Å². The number of imidazole rings is 1. The molecule has 0 amide bonds. The zero-order valence-corrected chi connectivity index (χ0v) is 21.7. The lowest BCUT2D eigenvalue weighted by molar-refractivity contribution is -0.137. The number of rotatable bonds is 9. The van der Waals surface area contributed by atoms with Crippen LogP contribution in [0.3, 0.4) is 0 Å². The highest BCUT2D eigenvalue weighted by Gasteiger charge is 2.40. The molecule has 1 aromatic heterocycles. The number of aromatic nitrogens is 2. The Morgan fingerprint density at radius 3 is 2.40 bits per heavy atom. The average molecular weight is 475 g/mol. The molecule has 2 aromatic carbocycles. The summed E-state index contributed by atoms with van der Waals surface area (Å²) < 4.78 is 8.04. The number of ether oxygens (including phenoxy) is 1. The molecule has 1 unspecified atom stereocenters. The van der Waals surface area contributed by atoms with E-state index in [1.165, 1.54) is 29.5 Å². The summed E-state index contributed by atoms with van der Waals surface area (Å²) in [6, 6.07) is 14.7. The van der Waals surface area contributed by atoms with E-state index in [0.29, 0.717) is 6.61 Å². The number of fused-ring (bicyclic) bond motifs is 1. The highest BCUT2D eigenvalue weighted by molar-refractivity contribution is 5.68. The van der Waals surface area contributed by atoms with Gasteiger partial charge in [-0.15, -0.1) is 0 Å². The van der Waals surface area contributed by atoms with Gasteiger partial charge in [0, 0.05) is 19.4 Å². The monoisotopic (exact) mass is 474 g/mol. The lowest BCUT2D eigenvalue weighted by atomic mass is 9.59. The fourth-order valence-corrected chi connectivity index (χ4v) is 5.72. The summed E-state index contributed by atoms with van der Waals surface area (Å²) >= 11 is 0. The SMILES string of the molecule is CCC1(CC)CCC(C)(C)c2ccc(COc3ccc(C(CC(=O)O)c4nccn4C)cc3)cc21. The Morgan fingerprint density at radius 2 is 1.80 bits per heavy atom. The fourth-order valence-electron chi connectivity index (χ4n) is 5.72. The predicted octanol–water partition coefficient (Wildman–Crippen LogP) is 6.73. The fraction of sp³-hybridized carbons (Fsp3) is 0.467. The number of carboxylic acid groups (broad SMARTS) is 1. The van der Waals surface area contributed by atoms with Gasteiger partial charge >= 0.3 is 5.97 Å². The number of carbonyl (C=O) groups is 1. The Labute approximate surface area is 209 Å². The van der Waals surface area contributed by atoms with Gasteiger partial charge in [-0.1, -0.05) is 58.0 Å². The molecular formula is C30H38N2O3. The molecule has 186 valence electrons. The number of carboxylic acids is 1. The van der Waals surface area contributed by atoms with Gasteiger partial charge in [-0.3, -0.25) is 4.79 Å². The summed E-state index contributed by atoms with van der Waals surface area (Å²) in [5, 5.41) is 9.43. The highest BCUT2D eigenvalue weighted by atomic mass is 16.5. The number of nitrogens with zero attached hydrogens (tertiary/aromatic N) is 2. The van der Waals surface area contributed by atoms with Crippen molar-refractivity contribution in [3.8, 4) is 5.75 Å². The van der Waals surface area contributed by atoms with Gasteiger partial charge in [0.05, 0.1) is 12.3 Å². The summed E-state index contributed by atoms with van der Waals surface area (Å²) in [4.78, 5) is 15.9.